The first kappa shape index (κ1) is 28.7. The summed E-state index contributed by atoms with van der Waals surface area (Å²) in [7, 11) is 0. The fourth-order valence-electron chi connectivity index (χ4n) is 2.80. The molecule has 0 saturated heterocycles. The van der Waals surface area contributed by atoms with E-state index in [4.69, 9.17) is 0 Å². The van der Waals surface area contributed by atoms with Gasteiger partial charge in [0, 0.05) is 18.4 Å². The Balaban J connectivity index is -0.000000293. The smallest absolute Gasteiger partial charge is 0.0757 e. The molecule has 0 saturated carbocycles. The van der Waals surface area contributed by atoms with E-state index >= 15 is 0 Å². The van der Waals surface area contributed by atoms with Crippen LogP contribution in [0.25, 0.3) is 0 Å². The standard InChI is InChI=1S/2C8H20N.C3H4O4/c2*1-5-9(6-2,7-3)8-4;4-2(5)1-3(6)7/h2*5-8H2,1-4H3;1H2,(H,4,5)(H,6,7)/q2*+1;/p-2. The number of carboxylic acid groups (broad SMARTS) is 2. The molecule has 0 atom stereocenters. The maximum absolute atomic E-state index is 9.28. The molecule has 0 N–H and O–H groups in total. The van der Waals surface area contributed by atoms with Crippen molar-refractivity contribution < 1.29 is 28.8 Å². The van der Waals surface area contributed by atoms with Crippen molar-refractivity contribution in [2.45, 2.75) is 61.8 Å². The molecule has 0 aliphatic carbocycles. The lowest BCUT2D eigenvalue weighted by molar-refractivity contribution is -0.921. The molecule has 0 aromatic heterocycles. The predicted molar refractivity (Wildman–Crippen MR) is 99.5 cm³/mol. The number of carbonyl (C=O) groups is 2. The second-order valence-electron chi connectivity index (χ2n) is 6.13. The number of carbonyl (C=O) groups excluding carboxylic acids is 2. The summed E-state index contributed by atoms with van der Waals surface area (Å²) in [6, 6.07) is 0. The molecule has 0 aromatic rings. The van der Waals surface area contributed by atoms with Gasteiger partial charge in [0.05, 0.1) is 52.4 Å². The van der Waals surface area contributed by atoms with Crippen molar-refractivity contribution in [2.24, 2.45) is 0 Å². The summed E-state index contributed by atoms with van der Waals surface area (Å²) in [5.74, 6) is -3.25. The van der Waals surface area contributed by atoms with E-state index in [9.17, 15) is 19.8 Å². The maximum Gasteiger partial charge on any atom is 0.0757 e. The highest BCUT2D eigenvalue weighted by Crippen LogP contribution is 2.03. The van der Waals surface area contributed by atoms with Crippen LogP contribution in [0.15, 0.2) is 0 Å². The van der Waals surface area contributed by atoms with Crippen LogP contribution in [0.4, 0.5) is 0 Å². The van der Waals surface area contributed by atoms with E-state index in [1.165, 1.54) is 61.3 Å². The predicted octanol–water partition coefficient (Wildman–Crippen LogP) is 0.642. The lowest BCUT2D eigenvalue weighted by Crippen LogP contribution is -2.47. The summed E-state index contributed by atoms with van der Waals surface area (Å²) in [5, 5.41) is 18.6. The Kier molecular flexibility index (Phi) is 18.7. The van der Waals surface area contributed by atoms with Gasteiger partial charge in [0.15, 0.2) is 0 Å². The molecule has 0 unspecified atom stereocenters. The number of quaternary nitrogens is 2. The van der Waals surface area contributed by atoms with Gasteiger partial charge < -0.3 is 28.8 Å². The molecule has 0 spiro atoms. The summed E-state index contributed by atoms with van der Waals surface area (Å²) in [4.78, 5) is 18.6. The Hall–Kier alpha value is -1.14. The molecule has 0 aliphatic rings. The Morgan fingerprint density at radius 2 is 0.680 bits per heavy atom. The van der Waals surface area contributed by atoms with E-state index in [2.05, 4.69) is 55.4 Å². The number of aliphatic carboxylic acids is 2. The fourth-order valence-corrected chi connectivity index (χ4v) is 2.80. The number of carboxylic acids is 2. The summed E-state index contributed by atoms with van der Waals surface area (Å²) in [5.41, 5.74) is 0. The van der Waals surface area contributed by atoms with Gasteiger partial charge in [-0.3, -0.25) is 0 Å². The zero-order chi connectivity index (χ0) is 20.5. The second-order valence-corrected chi connectivity index (χ2v) is 6.13. The summed E-state index contributed by atoms with van der Waals surface area (Å²) < 4.78 is 2.56. The van der Waals surface area contributed by atoms with Crippen LogP contribution < -0.4 is 10.2 Å². The van der Waals surface area contributed by atoms with Gasteiger partial charge in [-0.1, -0.05) is 0 Å². The summed E-state index contributed by atoms with van der Waals surface area (Å²) in [6.07, 6.45) is -1.03. The van der Waals surface area contributed by atoms with Crippen LogP contribution in [0, 0.1) is 0 Å². The van der Waals surface area contributed by atoms with Crippen molar-refractivity contribution in [3.63, 3.8) is 0 Å². The highest BCUT2D eigenvalue weighted by Gasteiger charge is 2.16. The van der Waals surface area contributed by atoms with Crippen LogP contribution in [0.2, 0.25) is 0 Å². The zero-order valence-corrected chi connectivity index (χ0v) is 17.9. The summed E-state index contributed by atoms with van der Waals surface area (Å²) >= 11 is 0. The van der Waals surface area contributed by atoms with E-state index < -0.39 is 18.4 Å². The van der Waals surface area contributed by atoms with Gasteiger partial charge >= 0.3 is 0 Å². The fraction of sp³-hybridized carbons (Fsp3) is 0.895. The van der Waals surface area contributed by atoms with Crippen molar-refractivity contribution in [3.05, 3.63) is 0 Å². The highest BCUT2D eigenvalue weighted by atomic mass is 16.4. The minimum Gasteiger partial charge on any atom is -0.550 e. The lowest BCUT2D eigenvalue weighted by Gasteiger charge is -2.34. The molecular formula is C19H42N2O4. The van der Waals surface area contributed by atoms with Crippen molar-refractivity contribution in [1.29, 1.82) is 0 Å². The van der Waals surface area contributed by atoms with Crippen molar-refractivity contribution in [1.82, 2.24) is 0 Å². The highest BCUT2D eigenvalue weighted by molar-refractivity contribution is 5.86. The molecule has 152 valence electrons. The third-order valence-corrected chi connectivity index (χ3v) is 5.66. The molecule has 0 bridgehead atoms. The largest absolute Gasteiger partial charge is 0.550 e. The van der Waals surface area contributed by atoms with E-state index in [1.54, 1.807) is 0 Å². The van der Waals surface area contributed by atoms with Crippen molar-refractivity contribution in [3.8, 4) is 0 Å². The van der Waals surface area contributed by atoms with Crippen LogP contribution in [-0.4, -0.2) is 73.3 Å². The third kappa shape index (κ3) is 13.8. The van der Waals surface area contributed by atoms with Gasteiger partial charge in [0.25, 0.3) is 0 Å². The van der Waals surface area contributed by atoms with E-state index in [-0.39, 0.29) is 0 Å². The first-order valence-corrected chi connectivity index (χ1v) is 9.71. The minimum atomic E-state index is -1.63. The molecule has 0 amide bonds. The van der Waals surface area contributed by atoms with Gasteiger partial charge in [-0.2, -0.15) is 0 Å². The topological polar surface area (TPSA) is 80.3 Å². The van der Waals surface area contributed by atoms with E-state index in [0.29, 0.717) is 0 Å². The molecular weight excluding hydrogens is 320 g/mol. The third-order valence-electron chi connectivity index (χ3n) is 5.66. The first-order valence-electron chi connectivity index (χ1n) is 9.71. The van der Waals surface area contributed by atoms with E-state index in [0.717, 1.165) is 0 Å². The molecule has 6 heteroatoms. The average Bonchev–Trinajstić information content (AvgIpc) is 2.60. The number of nitrogens with zero attached hydrogens (tertiary/aromatic N) is 2. The second kappa shape index (κ2) is 16.3. The van der Waals surface area contributed by atoms with E-state index in [1.807, 2.05) is 0 Å². The summed E-state index contributed by atoms with van der Waals surface area (Å²) in [6.45, 7) is 28.4. The zero-order valence-electron chi connectivity index (χ0n) is 17.9. The SMILES string of the molecule is CC[N+](CC)(CC)CC.CC[N+](CC)(CC)CC.O=C([O-])CC(=O)[O-]. The maximum atomic E-state index is 9.28. The van der Waals surface area contributed by atoms with Crippen LogP contribution >= 0.6 is 0 Å². The Bertz CT molecular complexity index is 271. The quantitative estimate of drug-likeness (QED) is 0.422. The van der Waals surface area contributed by atoms with Gasteiger partial charge in [-0.05, 0) is 55.4 Å². The molecule has 6 nitrogen and oxygen atoms in total. The molecule has 0 heterocycles. The lowest BCUT2D eigenvalue weighted by atomic mass is 10.3. The average molecular weight is 363 g/mol. The molecule has 0 radical (unpaired) electrons. The Morgan fingerprint density at radius 3 is 0.680 bits per heavy atom. The number of hydrogen-bond donors (Lipinski definition) is 0. The monoisotopic (exact) mass is 362 g/mol. The van der Waals surface area contributed by atoms with Crippen molar-refractivity contribution in [2.75, 3.05) is 52.4 Å². The molecule has 0 rings (SSSR count). The van der Waals surface area contributed by atoms with Crippen LogP contribution in [0.5, 0.6) is 0 Å². The molecule has 25 heavy (non-hydrogen) atoms. The number of rotatable bonds is 10. The number of hydrogen-bond acceptors (Lipinski definition) is 4. The first-order chi connectivity index (χ1) is 11.6. The van der Waals surface area contributed by atoms with Gasteiger partial charge in [-0.15, -0.1) is 0 Å². The van der Waals surface area contributed by atoms with Gasteiger partial charge in [0.1, 0.15) is 0 Å². The van der Waals surface area contributed by atoms with Gasteiger partial charge in [0.2, 0.25) is 0 Å². The Labute approximate surface area is 155 Å². The minimum absolute atomic E-state index is 1.03. The van der Waals surface area contributed by atoms with Crippen LogP contribution in [-0.2, 0) is 9.59 Å². The normalized spacial score (nSPS) is 10.9. The van der Waals surface area contributed by atoms with Gasteiger partial charge in [-0.25, -0.2) is 0 Å². The molecule has 0 aliphatic heterocycles. The Morgan fingerprint density at radius 1 is 0.520 bits per heavy atom. The molecule has 0 fully saturated rings. The van der Waals surface area contributed by atoms with Crippen LogP contribution in [0.1, 0.15) is 61.8 Å². The van der Waals surface area contributed by atoms with Crippen molar-refractivity contribution >= 4 is 11.9 Å². The van der Waals surface area contributed by atoms with Crippen LogP contribution in [0.3, 0.4) is 0 Å². The molecule has 0 aromatic carbocycles.